The van der Waals surface area contributed by atoms with Gasteiger partial charge in [-0.15, -0.1) is 0 Å². The Morgan fingerprint density at radius 3 is 2.55 bits per heavy atom. The number of hydrogen-bond acceptors (Lipinski definition) is 5. The van der Waals surface area contributed by atoms with E-state index in [1.165, 1.54) is 65.1 Å². The van der Waals surface area contributed by atoms with Gasteiger partial charge >= 0.3 is 0 Å². The fourth-order valence-corrected chi connectivity index (χ4v) is 3.78. The second kappa shape index (κ2) is 7.71. The first-order valence-corrected chi connectivity index (χ1v) is 8.49. The van der Waals surface area contributed by atoms with E-state index in [0.29, 0.717) is 0 Å². The Balaban J connectivity index is 1.54. The van der Waals surface area contributed by atoms with E-state index in [9.17, 15) is 0 Å². The molecule has 3 aliphatic rings. The van der Waals surface area contributed by atoms with Gasteiger partial charge in [-0.05, 0) is 38.3 Å². The van der Waals surface area contributed by atoms with Crippen LogP contribution in [0.1, 0.15) is 19.3 Å². The van der Waals surface area contributed by atoms with Crippen molar-refractivity contribution in [1.82, 2.24) is 25.3 Å². The molecule has 3 rings (SSSR count). The van der Waals surface area contributed by atoms with Crippen molar-refractivity contribution in [3.63, 3.8) is 0 Å². The van der Waals surface area contributed by atoms with Crippen LogP contribution in [-0.2, 0) is 0 Å². The van der Waals surface area contributed by atoms with E-state index in [2.05, 4.69) is 25.3 Å². The van der Waals surface area contributed by atoms with Crippen molar-refractivity contribution >= 4 is 0 Å². The van der Waals surface area contributed by atoms with Crippen LogP contribution in [0.4, 0.5) is 0 Å². The van der Waals surface area contributed by atoms with Gasteiger partial charge in [0.15, 0.2) is 0 Å². The Labute approximate surface area is 123 Å². The molecule has 5 heteroatoms. The second-order valence-corrected chi connectivity index (χ2v) is 6.68. The van der Waals surface area contributed by atoms with Crippen LogP contribution in [0.15, 0.2) is 0 Å². The summed E-state index contributed by atoms with van der Waals surface area (Å²) in [7, 11) is 0. The molecule has 0 aromatic heterocycles. The third kappa shape index (κ3) is 4.40. The molecule has 0 amide bonds. The van der Waals surface area contributed by atoms with Crippen LogP contribution in [0.5, 0.6) is 0 Å². The Morgan fingerprint density at radius 2 is 1.55 bits per heavy atom. The van der Waals surface area contributed by atoms with Crippen LogP contribution in [0, 0.1) is 5.92 Å². The van der Waals surface area contributed by atoms with Gasteiger partial charge in [0.1, 0.15) is 0 Å². The summed E-state index contributed by atoms with van der Waals surface area (Å²) < 4.78 is 0. The van der Waals surface area contributed by atoms with E-state index < -0.39 is 0 Å². The van der Waals surface area contributed by atoms with E-state index in [0.717, 1.165) is 32.3 Å². The van der Waals surface area contributed by atoms with Crippen LogP contribution in [-0.4, -0.2) is 86.9 Å². The first-order valence-electron chi connectivity index (χ1n) is 8.49. The average molecular weight is 281 g/mol. The molecule has 4 atom stereocenters. The summed E-state index contributed by atoms with van der Waals surface area (Å²) in [6.07, 6.45) is 4.12. The minimum atomic E-state index is 0.865. The molecule has 3 fully saturated rings. The highest BCUT2D eigenvalue weighted by molar-refractivity contribution is 4.77. The lowest BCUT2D eigenvalue weighted by Crippen LogP contribution is -2.51. The van der Waals surface area contributed by atoms with Crippen molar-refractivity contribution < 1.29 is 0 Å². The monoisotopic (exact) mass is 281 g/mol. The van der Waals surface area contributed by atoms with Gasteiger partial charge < -0.3 is 15.5 Å². The predicted molar refractivity (Wildman–Crippen MR) is 82.7 cm³/mol. The topological polar surface area (TPSA) is 33.8 Å². The number of hydrogen-bond donors (Lipinski definition) is 2. The molecular formula is C15H31N5. The highest BCUT2D eigenvalue weighted by atomic mass is 15.4. The van der Waals surface area contributed by atoms with Crippen molar-refractivity contribution in [2.75, 3.05) is 72.2 Å². The minimum absolute atomic E-state index is 0.865. The van der Waals surface area contributed by atoms with Gasteiger partial charge in [0.2, 0.25) is 0 Å². The van der Waals surface area contributed by atoms with E-state index in [1.54, 1.807) is 0 Å². The van der Waals surface area contributed by atoms with E-state index >= 15 is 0 Å². The first-order chi connectivity index (χ1) is 9.90. The maximum atomic E-state index is 3.63. The van der Waals surface area contributed by atoms with Gasteiger partial charge in [-0.1, -0.05) is 0 Å². The highest BCUT2D eigenvalue weighted by Crippen LogP contribution is 2.16. The Kier molecular flexibility index (Phi) is 5.67. The fourth-order valence-electron chi connectivity index (χ4n) is 3.78. The van der Waals surface area contributed by atoms with Crippen LogP contribution >= 0.6 is 0 Å². The molecule has 0 aromatic carbocycles. The van der Waals surface area contributed by atoms with Crippen LogP contribution < -0.4 is 10.6 Å². The highest BCUT2D eigenvalue weighted by Gasteiger charge is 2.22. The predicted octanol–water partition coefficient (Wildman–Crippen LogP) is -0.186. The summed E-state index contributed by atoms with van der Waals surface area (Å²) in [6, 6.07) is 0. The molecular weight excluding hydrogens is 250 g/mol. The van der Waals surface area contributed by atoms with E-state index in [1.807, 2.05) is 0 Å². The zero-order valence-corrected chi connectivity index (χ0v) is 12.8. The summed E-state index contributed by atoms with van der Waals surface area (Å²) in [5.74, 6) is 0.865. The quantitative estimate of drug-likeness (QED) is 0.643. The Morgan fingerprint density at radius 1 is 0.750 bits per heavy atom. The van der Waals surface area contributed by atoms with E-state index in [4.69, 9.17) is 0 Å². The fraction of sp³-hybridized carbons (Fsp3) is 1.00. The van der Waals surface area contributed by atoms with Crippen LogP contribution in [0.2, 0.25) is 0 Å². The zero-order valence-electron chi connectivity index (χ0n) is 12.8. The summed E-state index contributed by atoms with van der Waals surface area (Å²) in [4.78, 5) is 7.88. The van der Waals surface area contributed by atoms with Gasteiger partial charge in [-0.2, -0.15) is 0 Å². The standard InChI is InChI=1S/C15H31N5/c1-3-15-11-16-4-5-17-13-20-8-2-7-19(14-20)10-9-18(6-1)12-15/h15-17H,1-14H2. The number of nitrogens with zero attached hydrogens (tertiary/aromatic N) is 3. The number of piperidine rings is 1. The third-order valence-electron chi connectivity index (χ3n) is 4.93. The molecule has 0 saturated carbocycles. The smallest absolute Gasteiger partial charge is 0.0518 e. The van der Waals surface area contributed by atoms with Crippen molar-refractivity contribution in [3.05, 3.63) is 0 Å². The van der Waals surface area contributed by atoms with Gasteiger partial charge in [0, 0.05) is 52.5 Å². The molecule has 20 heavy (non-hydrogen) atoms. The Hall–Kier alpha value is -0.200. The summed E-state index contributed by atoms with van der Waals surface area (Å²) in [6.45, 7) is 13.3. The molecule has 116 valence electrons. The molecule has 0 radical (unpaired) electrons. The Bertz CT molecular complexity index is 257. The van der Waals surface area contributed by atoms with Crippen LogP contribution in [0.25, 0.3) is 0 Å². The summed E-state index contributed by atoms with van der Waals surface area (Å²) in [5, 5.41) is 7.21. The number of rotatable bonds is 0. The van der Waals surface area contributed by atoms with Crippen molar-refractivity contribution in [3.8, 4) is 0 Å². The molecule has 4 bridgehead atoms. The zero-order chi connectivity index (χ0) is 13.6. The largest absolute Gasteiger partial charge is 0.315 e. The number of fused-ring (bicyclic) bond motifs is 4. The van der Waals surface area contributed by atoms with Crippen molar-refractivity contribution in [1.29, 1.82) is 0 Å². The lowest BCUT2D eigenvalue weighted by Gasteiger charge is -2.38. The molecule has 5 nitrogen and oxygen atoms in total. The molecule has 3 saturated heterocycles. The van der Waals surface area contributed by atoms with Gasteiger partial charge in [0.25, 0.3) is 0 Å². The second-order valence-electron chi connectivity index (χ2n) is 6.68. The molecule has 0 aromatic rings. The van der Waals surface area contributed by atoms with Gasteiger partial charge in [-0.3, -0.25) is 9.80 Å². The summed E-state index contributed by atoms with van der Waals surface area (Å²) in [5.41, 5.74) is 0. The maximum absolute atomic E-state index is 3.63. The number of nitrogens with one attached hydrogen (secondary N) is 2. The normalized spacial score (nSPS) is 40.8. The van der Waals surface area contributed by atoms with Gasteiger partial charge in [-0.25, -0.2) is 0 Å². The van der Waals surface area contributed by atoms with Crippen molar-refractivity contribution in [2.24, 2.45) is 5.92 Å². The third-order valence-corrected chi connectivity index (χ3v) is 4.93. The van der Waals surface area contributed by atoms with Crippen LogP contribution in [0.3, 0.4) is 0 Å². The molecule has 0 spiro atoms. The average Bonchev–Trinajstić information content (AvgIpc) is 2.49. The minimum Gasteiger partial charge on any atom is -0.315 e. The van der Waals surface area contributed by atoms with E-state index in [-0.39, 0.29) is 0 Å². The summed E-state index contributed by atoms with van der Waals surface area (Å²) >= 11 is 0. The molecule has 3 heterocycles. The molecule has 4 unspecified atom stereocenters. The lowest BCUT2D eigenvalue weighted by atomic mass is 9.98. The van der Waals surface area contributed by atoms with Crippen molar-refractivity contribution in [2.45, 2.75) is 19.3 Å². The first kappa shape index (κ1) is 14.7. The molecule has 3 aliphatic heterocycles. The lowest BCUT2D eigenvalue weighted by molar-refractivity contribution is 0.0628. The maximum Gasteiger partial charge on any atom is 0.0518 e. The molecule has 2 N–H and O–H groups in total. The van der Waals surface area contributed by atoms with Gasteiger partial charge in [0.05, 0.1) is 6.67 Å². The molecule has 0 aliphatic carbocycles. The SMILES string of the molecule is C1CC2CNCCNCN3CCCN(CCN(C1)C2)C3.